The number of piperidine rings is 1. The summed E-state index contributed by atoms with van der Waals surface area (Å²) in [5.41, 5.74) is 4.29. The van der Waals surface area contributed by atoms with Crippen LogP contribution in [0.4, 0.5) is 38.0 Å². The van der Waals surface area contributed by atoms with Crippen LogP contribution in [0, 0.1) is 11.7 Å². The number of aromatic nitrogens is 3. The molecular formula is C31H31ClFN7O2. The molecular weight excluding hydrogens is 557 g/mol. The highest BCUT2D eigenvalue weighted by molar-refractivity contribution is 6.32. The van der Waals surface area contributed by atoms with E-state index in [0.717, 1.165) is 60.4 Å². The van der Waals surface area contributed by atoms with Crippen LogP contribution in [0.1, 0.15) is 30.4 Å². The van der Waals surface area contributed by atoms with Crippen molar-refractivity contribution in [2.75, 3.05) is 35.6 Å². The van der Waals surface area contributed by atoms with Crippen molar-refractivity contribution in [3.8, 4) is 5.75 Å². The minimum atomic E-state index is -0.373. The van der Waals surface area contributed by atoms with E-state index >= 15 is 0 Å². The molecule has 2 aromatic carbocycles. The molecule has 4 aromatic rings. The van der Waals surface area contributed by atoms with Crippen LogP contribution in [0.2, 0.25) is 5.02 Å². The Balaban J connectivity index is 1.07. The lowest BCUT2D eigenvalue weighted by atomic mass is 9.94. The number of hydrogen-bond acceptors (Lipinski definition) is 7. The number of ether oxygens (including phenoxy) is 1. The highest BCUT2D eigenvalue weighted by Crippen LogP contribution is 2.31. The topological polar surface area (TPSA) is 104 Å². The van der Waals surface area contributed by atoms with E-state index in [1.807, 2.05) is 24.4 Å². The van der Waals surface area contributed by atoms with E-state index in [4.69, 9.17) is 16.3 Å². The highest BCUT2D eigenvalue weighted by atomic mass is 35.5. The van der Waals surface area contributed by atoms with E-state index in [1.165, 1.54) is 12.1 Å². The highest BCUT2D eigenvalue weighted by Gasteiger charge is 2.23. The Morgan fingerprint density at radius 1 is 1.05 bits per heavy atom. The van der Waals surface area contributed by atoms with Gasteiger partial charge in [0.25, 0.3) is 0 Å². The molecule has 4 heterocycles. The lowest BCUT2D eigenvalue weighted by Crippen LogP contribution is -2.41. The van der Waals surface area contributed by atoms with Gasteiger partial charge in [-0.15, -0.1) is 0 Å². The number of aryl methyl sites for hydroxylation is 2. The standard InChI is InChI=1S/C31H31ClFN7O2/c32-27-19-35-30-37-26-14-21(17-34-18-26)4-5-22-15-25(36-29(27)39-30)6-7-28(22)42-13-10-20-8-11-40(12-9-20)31(41)38-24-3-1-2-23(33)16-24/h1-3,6-7,14-20H,4-5,8-13H2,(H,38,41)(H2,35,36,37,39). The van der Waals surface area contributed by atoms with Crippen LogP contribution in [0.3, 0.4) is 0 Å². The summed E-state index contributed by atoms with van der Waals surface area (Å²) in [7, 11) is 0. The molecule has 0 aliphatic carbocycles. The second-order valence-electron chi connectivity index (χ2n) is 10.6. The van der Waals surface area contributed by atoms with Gasteiger partial charge in [-0.1, -0.05) is 17.7 Å². The number of halogens is 2. The number of carbonyl (C=O) groups is 1. The molecule has 0 saturated carbocycles. The number of hydrogen-bond donors (Lipinski definition) is 3. The number of anilines is 5. The van der Waals surface area contributed by atoms with E-state index < -0.39 is 0 Å². The van der Waals surface area contributed by atoms with Crippen molar-refractivity contribution in [3.63, 3.8) is 0 Å². The lowest BCUT2D eigenvalue weighted by molar-refractivity contribution is 0.170. The first-order valence-electron chi connectivity index (χ1n) is 14.1. The molecule has 2 amide bonds. The molecule has 1 saturated heterocycles. The number of pyridine rings is 1. The van der Waals surface area contributed by atoms with Crippen molar-refractivity contribution in [3.05, 3.63) is 89.1 Å². The molecule has 2 aliphatic heterocycles. The van der Waals surface area contributed by atoms with E-state index in [1.54, 1.807) is 29.4 Å². The fourth-order valence-corrected chi connectivity index (χ4v) is 5.41. The second-order valence-corrected chi connectivity index (χ2v) is 11.0. The van der Waals surface area contributed by atoms with Crippen LogP contribution < -0.4 is 20.7 Å². The fourth-order valence-electron chi connectivity index (χ4n) is 5.27. The summed E-state index contributed by atoms with van der Waals surface area (Å²) in [5, 5.41) is 9.72. The van der Waals surface area contributed by atoms with Crippen molar-refractivity contribution in [1.82, 2.24) is 19.9 Å². The second kappa shape index (κ2) is 12.6. The molecule has 9 nitrogen and oxygen atoms in total. The summed E-state index contributed by atoms with van der Waals surface area (Å²) in [6, 6.07) is 13.8. The van der Waals surface area contributed by atoms with Crippen molar-refractivity contribution >= 4 is 46.5 Å². The van der Waals surface area contributed by atoms with Gasteiger partial charge in [0.1, 0.15) is 16.6 Å². The molecule has 3 N–H and O–H groups in total. The summed E-state index contributed by atoms with van der Waals surface area (Å²) in [5.74, 6) is 1.87. The van der Waals surface area contributed by atoms with Gasteiger partial charge in [0, 0.05) is 30.7 Å². The fraction of sp³-hybridized carbons (Fsp3) is 0.290. The van der Waals surface area contributed by atoms with Crippen molar-refractivity contribution < 1.29 is 13.9 Å². The summed E-state index contributed by atoms with van der Waals surface area (Å²) in [6.07, 6.45) is 9.43. The van der Waals surface area contributed by atoms with Gasteiger partial charge in [0.15, 0.2) is 5.82 Å². The quantitative estimate of drug-likeness (QED) is 0.232. The number of benzene rings is 2. The maximum atomic E-state index is 13.4. The molecule has 1 fully saturated rings. The van der Waals surface area contributed by atoms with E-state index in [2.05, 4.69) is 37.0 Å². The Bertz CT molecular complexity index is 1580. The molecule has 2 aliphatic rings. The summed E-state index contributed by atoms with van der Waals surface area (Å²) in [6.45, 7) is 1.90. The molecule has 6 bridgehead atoms. The van der Waals surface area contributed by atoms with Gasteiger partial charge < -0.3 is 25.6 Å². The lowest BCUT2D eigenvalue weighted by Gasteiger charge is -2.32. The van der Waals surface area contributed by atoms with Crippen LogP contribution in [-0.2, 0) is 12.8 Å². The van der Waals surface area contributed by atoms with Crippen LogP contribution in [0.25, 0.3) is 0 Å². The molecule has 11 heteroatoms. The largest absolute Gasteiger partial charge is 0.493 e. The van der Waals surface area contributed by atoms with E-state index in [-0.39, 0.29) is 11.8 Å². The normalized spacial score (nSPS) is 14.9. The summed E-state index contributed by atoms with van der Waals surface area (Å²) < 4.78 is 19.8. The molecule has 216 valence electrons. The Hall–Kier alpha value is -4.44. The molecule has 6 rings (SSSR count). The van der Waals surface area contributed by atoms with Crippen LogP contribution in [-0.4, -0.2) is 45.6 Å². The van der Waals surface area contributed by atoms with Crippen LogP contribution in [0.15, 0.2) is 67.1 Å². The maximum absolute atomic E-state index is 13.4. The smallest absolute Gasteiger partial charge is 0.321 e. The minimum absolute atomic E-state index is 0.194. The van der Waals surface area contributed by atoms with Gasteiger partial charge >= 0.3 is 6.03 Å². The molecule has 0 radical (unpaired) electrons. The Morgan fingerprint density at radius 2 is 1.93 bits per heavy atom. The SMILES string of the molecule is O=C(Nc1cccc(F)c1)N1CCC(CCOc2ccc3cc2CCc2cncc(c2)Nc2ncc(Cl)c(n2)N3)CC1. The molecule has 0 spiro atoms. The summed E-state index contributed by atoms with van der Waals surface area (Å²) in [4.78, 5) is 27.6. The number of rotatable bonds is 5. The number of fused-ring (bicyclic) bond motifs is 6. The third-order valence-corrected chi connectivity index (χ3v) is 7.84. The third kappa shape index (κ3) is 6.88. The molecule has 2 aromatic heterocycles. The zero-order valence-electron chi connectivity index (χ0n) is 22.9. The predicted octanol–water partition coefficient (Wildman–Crippen LogP) is 6.96. The Labute approximate surface area is 248 Å². The zero-order valence-corrected chi connectivity index (χ0v) is 23.7. The number of carbonyl (C=O) groups excluding carboxylic acids is 1. The van der Waals surface area contributed by atoms with Crippen LogP contribution in [0.5, 0.6) is 5.75 Å². The first-order valence-corrected chi connectivity index (χ1v) is 14.4. The van der Waals surface area contributed by atoms with Gasteiger partial charge in [-0.25, -0.2) is 14.2 Å². The monoisotopic (exact) mass is 587 g/mol. The first kappa shape index (κ1) is 27.7. The Kier molecular flexibility index (Phi) is 8.32. The molecule has 0 unspecified atom stereocenters. The number of nitrogens with zero attached hydrogens (tertiary/aromatic N) is 4. The van der Waals surface area contributed by atoms with Gasteiger partial charge in [-0.2, -0.15) is 4.98 Å². The maximum Gasteiger partial charge on any atom is 0.321 e. The predicted molar refractivity (Wildman–Crippen MR) is 162 cm³/mol. The average Bonchev–Trinajstić information content (AvgIpc) is 2.99. The van der Waals surface area contributed by atoms with E-state index in [0.29, 0.717) is 48.1 Å². The third-order valence-electron chi connectivity index (χ3n) is 7.56. The zero-order chi connectivity index (χ0) is 28.9. The van der Waals surface area contributed by atoms with Gasteiger partial charge in [-0.05, 0) is 91.6 Å². The number of nitrogens with one attached hydrogen (secondary N) is 3. The number of likely N-dealkylation sites (tertiary alicyclic amines) is 1. The van der Waals surface area contributed by atoms with Crippen LogP contribution >= 0.6 is 11.6 Å². The minimum Gasteiger partial charge on any atom is -0.493 e. The summed E-state index contributed by atoms with van der Waals surface area (Å²) >= 11 is 6.38. The first-order chi connectivity index (χ1) is 20.5. The van der Waals surface area contributed by atoms with Gasteiger partial charge in [-0.3, -0.25) is 4.98 Å². The molecule has 42 heavy (non-hydrogen) atoms. The van der Waals surface area contributed by atoms with E-state index in [9.17, 15) is 9.18 Å². The van der Waals surface area contributed by atoms with Gasteiger partial charge in [0.05, 0.1) is 24.7 Å². The van der Waals surface area contributed by atoms with Crippen molar-refractivity contribution in [1.29, 1.82) is 0 Å². The van der Waals surface area contributed by atoms with Gasteiger partial charge in [0.2, 0.25) is 5.95 Å². The Morgan fingerprint density at radius 3 is 2.79 bits per heavy atom. The average molecular weight is 588 g/mol. The number of urea groups is 1. The van der Waals surface area contributed by atoms with Crippen molar-refractivity contribution in [2.24, 2.45) is 5.92 Å². The molecule has 0 atom stereocenters. The van der Waals surface area contributed by atoms with Crippen molar-refractivity contribution in [2.45, 2.75) is 32.1 Å². The number of amides is 2.